The second kappa shape index (κ2) is 9.91. The first kappa shape index (κ1) is 24.5. The number of imide groups is 2. The number of amides is 4. The van der Waals surface area contributed by atoms with E-state index >= 15 is 0 Å². The first-order valence-corrected chi connectivity index (χ1v) is 11.8. The summed E-state index contributed by atoms with van der Waals surface area (Å²) in [5, 5.41) is 0. The summed E-state index contributed by atoms with van der Waals surface area (Å²) in [6, 6.07) is 16.9. The number of urea groups is 1. The van der Waals surface area contributed by atoms with Crippen LogP contribution in [0.25, 0.3) is 6.08 Å². The Hall–Kier alpha value is -3.66. The molecule has 0 aliphatic carbocycles. The Labute approximate surface area is 217 Å². The number of hydrogen-bond acceptors (Lipinski definition) is 5. The Kier molecular flexibility index (Phi) is 6.93. The predicted molar refractivity (Wildman–Crippen MR) is 143 cm³/mol. The van der Waals surface area contributed by atoms with E-state index in [-0.39, 0.29) is 5.57 Å². The topological polar surface area (TPSA) is 76.2 Å². The molecule has 0 saturated carbocycles. The maximum Gasteiger partial charge on any atom is 0.343 e. The minimum Gasteiger partial charge on any atom is -0.493 e. The van der Waals surface area contributed by atoms with E-state index in [1.54, 1.807) is 36.4 Å². The van der Waals surface area contributed by atoms with Crippen molar-refractivity contribution in [3.63, 3.8) is 0 Å². The zero-order valence-electron chi connectivity index (χ0n) is 19.7. The van der Waals surface area contributed by atoms with Gasteiger partial charge in [0.1, 0.15) is 5.57 Å². The SMILES string of the molecule is COc1cc(C=C2C(=O)N(c3ccccc3C)C(=O)N(c3ccccc3C)C2=O)cc(I)c1OC. The van der Waals surface area contributed by atoms with Gasteiger partial charge >= 0.3 is 6.03 Å². The second-order valence-corrected chi connectivity index (χ2v) is 9.10. The summed E-state index contributed by atoms with van der Waals surface area (Å²) in [5.74, 6) is -0.368. The molecular formula is C27H23IN2O5. The number of nitrogens with zero attached hydrogens (tertiary/aromatic N) is 2. The highest BCUT2D eigenvalue weighted by Gasteiger charge is 2.44. The van der Waals surface area contributed by atoms with Gasteiger partial charge in [0.05, 0.1) is 29.2 Å². The third-order valence-corrected chi connectivity index (χ3v) is 6.53. The molecule has 0 spiro atoms. The Morgan fingerprint density at radius 2 is 1.29 bits per heavy atom. The highest BCUT2D eigenvalue weighted by molar-refractivity contribution is 14.1. The Bertz CT molecular complexity index is 1310. The third-order valence-electron chi connectivity index (χ3n) is 5.73. The highest BCUT2D eigenvalue weighted by atomic mass is 127. The maximum atomic E-state index is 13.7. The molecule has 1 aliphatic rings. The van der Waals surface area contributed by atoms with Crippen molar-refractivity contribution in [1.82, 2.24) is 0 Å². The first-order chi connectivity index (χ1) is 16.8. The minimum atomic E-state index is -0.720. The molecule has 3 aromatic carbocycles. The molecule has 1 heterocycles. The van der Waals surface area contributed by atoms with Crippen LogP contribution in [0.3, 0.4) is 0 Å². The molecular weight excluding hydrogens is 559 g/mol. The summed E-state index contributed by atoms with van der Waals surface area (Å²) in [6.07, 6.45) is 1.48. The van der Waals surface area contributed by atoms with Gasteiger partial charge in [-0.05, 0) is 83.5 Å². The number of benzene rings is 3. The summed E-state index contributed by atoms with van der Waals surface area (Å²) in [5.41, 5.74) is 2.72. The van der Waals surface area contributed by atoms with Crippen LogP contribution in [-0.2, 0) is 9.59 Å². The lowest BCUT2D eigenvalue weighted by molar-refractivity contribution is -0.121. The molecule has 35 heavy (non-hydrogen) atoms. The van der Waals surface area contributed by atoms with E-state index in [9.17, 15) is 14.4 Å². The zero-order chi connectivity index (χ0) is 25.3. The van der Waals surface area contributed by atoms with E-state index in [1.807, 2.05) is 38.1 Å². The van der Waals surface area contributed by atoms with Crippen molar-refractivity contribution in [2.45, 2.75) is 13.8 Å². The van der Waals surface area contributed by atoms with Gasteiger partial charge in [0.25, 0.3) is 11.8 Å². The summed E-state index contributed by atoms with van der Waals surface area (Å²) in [4.78, 5) is 43.1. The smallest absolute Gasteiger partial charge is 0.343 e. The number of methoxy groups -OCH3 is 2. The standard InChI is InChI=1S/C27H23IN2O5/c1-16-9-5-7-11-21(16)29-25(31)19(13-18-14-20(28)24(35-4)23(15-18)34-3)26(32)30(27(29)33)22-12-8-6-10-17(22)2/h5-15H,1-4H3. The van der Waals surface area contributed by atoms with E-state index in [0.717, 1.165) is 24.5 Å². The quantitative estimate of drug-likeness (QED) is 0.226. The van der Waals surface area contributed by atoms with E-state index < -0.39 is 17.8 Å². The minimum absolute atomic E-state index is 0.140. The van der Waals surface area contributed by atoms with E-state index in [4.69, 9.17) is 9.47 Å². The van der Waals surface area contributed by atoms with Gasteiger partial charge in [-0.3, -0.25) is 9.59 Å². The lowest BCUT2D eigenvalue weighted by Crippen LogP contribution is -2.57. The molecule has 0 aromatic heterocycles. The third kappa shape index (κ3) is 4.41. The van der Waals surface area contributed by atoms with Crippen molar-refractivity contribution in [3.8, 4) is 11.5 Å². The number of anilines is 2. The summed E-state index contributed by atoms with van der Waals surface area (Å²) < 4.78 is 11.6. The number of halogens is 1. The molecule has 0 unspecified atom stereocenters. The molecule has 178 valence electrons. The average molecular weight is 582 g/mol. The highest BCUT2D eigenvalue weighted by Crippen LogP contribution is 2.36. The van der Waals surface area contributed by atoms with Crippen molar-refractivity contribution in [1.29, 1.82) is 0 Å². The lowest BCUT2D eigenvalue weighted by atomic mass is 10.0. The van der Waals surface area contributed by atoms with Crippen LogP contribution in [0.1, 0.15) is 16.7 Å². The van der Waals surface area contributed by atoms with Gasteiger partial charge in [-0.15, -0.1) is 0 Å². The fraction of sp³-hybridized carbons (Fsp3) is 0.148. The van der Waals surface area contributed by atoms with Gasteiger partial charge in [-0.2, -0.15) is 0 Å². The average Bonchev–Trinajstić information content (AvgIpc) is 2.84. The van der Waals surface area contributed by atoms with Gasteiger partial charge in [-0.1, -0.05) is 36.4 Å². The Balaban J connectivity index is 1.93. The van der Waals surface area contributed by atoms with Crippen LogP contribution < -0.4 is 19.3 Å². The van der Waals surface area contributed by atoms with Crippen LogP contribution in [0.15, 0.2) is 66.2 Å². The van der Waals surface area contributed by atoms with E-state index in [1.165, 1.54) is 20.3 Å². The maximum absolute atomic E-state index is 13.7. The second-order valence-electron chi connectivity index (χ2n) is 7.93. The molecule has 4 amide bonds. The molecule has 0 bridgehead atoms. The van der Waals surface area contributed by atoms with Gasteiger partial charge in [0.15, 0.2) is 11.5 Å². The van der Waals surface area contributed by atoms with Crippen molar-refractivity contribution < 1.29 is 23.9 Å². The predicted octanol–water partition coefficient (Wildman–Crippen LogP) is 5.51. The number of rotatable bonds is 5. The van der Waals surface area contributed by atoms with E-state index in [0.29, 0.717) is 28.4 Å². The number of para-hydroxylation sites is 2. The van der Waals surface area contributed by atoms with Crippen LogP contribution in [0.4, 0.5) is 16.2 Å². The van der Waals surface area contributed by atoms with Gasteiger partial charge in [-0.25, -0.2) is 14.6 Å². The largest absolute Gasteiger partial charge is 0.493 e. The Morgan fingerprint density at radius 3 is 1.74 bits per heavy atom. The fourth-order valence-corrected chi connectivity index (χ4v) is 4.82. The Morgan fingerprint density at radius 1 is 0.771 bits per heavy atom. The molecule has 3 aromatic rings. The molecule has 4 rings (SSSR count). The molecule has 8 heteroatoms. The van der Waals surface area contributed by atoms with Crippen LogP contribution in [-0.4, -0.2) is 32.1 Å². The summed E-state index contributed by atoms with van der Waals surface area (Å²) >= 11 is 2.10. The number of carbonyl (C=O) groups excluding carboxylic acids is 3. The van der Waals surface area contributed by atoms with Crippen LogP contribution in [0.2, 0.25) is 0 Å². The summed E-state index contributed by atoms with van der Waals surface area (Å²) in [7, 11) is 3.05. The van der Waals surface area contributed by atoms with Gasteiger partial charge in [0, 0.05) is 0 Å². The molecule has 0 radical (unpaired) electrons. The normalized spacial score (nSPS) is 13.9. The molecule has 1 saturated heterocycles. The number of barbiturate groups is 1. The monoisotopic (exact) mass is 582 g/mol. The van der Waals surface area contributed by atoms with Crippen LogP contribution in [0.5, 0.6) is 11.5 Å². The number of aryl methyl sites for hydroxylation is 2. The molecule has 0 atom stereocenters. The number of carbonyl (C=O) groups is 3. The lowest BCUT2D eigenvalue weighted by Gasteiger charge is -2.35. The molecule has 0 N–H and O–H groups in total. The zero-order valence-corrected chi connectivity index (χ0v) is 21.8. The fourth-order valence-electron chi connectivity index (χ4n) is 3.97. The van der Waals surface area contributed by atoms with E-state index in [2.05, 4.69) is 22.6 Å². The van der Waals surface area contributed by atoms with Crippen molar-refractivity contribution in [2.75, 3.05) is 24.0 Å². The first-order valence-electron chi connectivity index (χ1n) is 10.8. The van der Waals surface area contributed by atoms with Crippen molar-refractivity contribution in [3.05, 3.63) is 86.5 Å². The summed E-state index contributed by atoms with van der Waals surface area (Å²) in [6.45, 7) is 3.62. The molecule has 7 nitrogen and oxygen atoms in total. The molecule has 1 aliphatic heterocycles. The van der Waals surface area contributed by atoms with Crippen molar-refractivity contribution in [2.24, 2.45) is 0 Å². The number of ether oxygens (including phenoxy) is 2. The van der Waals surface area contributed by atoms with Gasteiger partial charge in [0.2, 0.25) is 0 Å². The van der Waals surface area contributed by atoms with Gasteiger partial charge < -0.3 is 9.47 Å². The van der Waals surface area contributed by atoms with Crippen LogP contribution in [0, 0.1) is 17.4 Å². The molecule has 1 fully saturated rings. The van der Waals surface area contributed by atoms with Crippen LogP contribution >= 0.6 is 22.6 Å². The van der Waals surface area contributed by atoms with Crippen molar-refractivity contribution >= 4 is 57.9 Å². The number of hydrogen-bond donors (Lipinski definition) is 0.